The molecule has 0 saturated carbocycles. The summed E-state index contributed by atoms with van der Waals surface area (Å²) in [7, 11) is 0. The fourth-order valence-corrected chi connectivity index (χ4v) is 3.96. The molecule has 0 bridgehead atoms. The predicted octanol–water partition coefficient (Wildman–Crippen LogP) is 3.41. The summed E-state index contributed by atoms with van der Waals surface area (Å²) in [6.45, 7) is 3.00. The minimum atomic E-state index is -0.0300. The molecule has 31 heavy (non-hydrogen) atoms. The quantitative estimate of drug-likeness (QED) is 0.547. The predicted molar refractivity (Wildman–Crippen MR) is 121 cm³/mol. The van der Waals surface area contributed by atoms with Gasteiger partial charge in [-0.05, 0) is 49.3 Å². The zero-order valence-corrected chi connectivity index (χ0v) is 18.6. The molecule has 3 aromatic rings. The Hall–Kier alpha value is -2.62. The van der Waals surface area contributed by atoms with Crippen LogP contribution in [0.3, 0.4) is 0 Å². The first-order chi connectivity index (χ1) is 15.1. The van der Waals surface area contributed by atoms with Gasteiger partial charge in [0.25, 0.3) is 0 Å². The number of carbonyl (C=O) groups is 1. The van der Waals surface area contributed by atoms with Crippen molar-refractivity contribution in [2.45, 2.75) is 32.5 Å². The van der Waals surface area contributed by atoms with Crippen LogP contribution >= 0.6 is 23.8 Å². The molecule has 10 heteroatoms. The third-order valence-corrected chi connectivity index (χ3v) is 6.07. The fourth-order valence-electron chi connectivity index (χ4n) is 3.61. The Labute approximate surface area is 190 Å². The number of aromatic nitrogens is 5. The molecule has 4 heterocycles. The molecule has 1 aliphatic rings. The van der Waals surface area contributed by atoms with Gasteiger partial charge in [-0.15, -0.1) is 0 Å². The third kappa shape index (κ3) is 5.75. The molecule has 0 aliphatic carbocycles. The van der Waals surface area contributed by atoms with Gasteiger partial charge in [-0.25, -0.2) is 9.67 Å². The number of anilines is 1. The number of nitrogens with one attached hydrogen (secondary N) is 1. The van der Waals surface area contributed by atoms with Crippen molar-refractivity contribution < 1.29 is 4.79 Å². The average molecular weight is 458 g/mol. The van der Waals surface area contributed by atoms with Crippen LogP contribution in [-0.2, 0) is 24.4 Å². The molecule has 1 fully saturated rings. The molecule has 0 unspecified atom stereocenters. The highest BCUT2D eigenvalue weighted by atomic mass is 35.5. The number of amides is 1. The van der Waals surface area contributed by atoms with E-state index in [4.69, 9.17) is 23.8 Å². The second kappa shape index (κ2) is 10.1. The van der Waals surface area contributed by atoms with Crippen LogP contribution < -0.4 is 5.32 Å². The van der Waals surface area contributed by atoms with Crippen LogP contribution in [0, 0.1) is 10.7 Å². The van der Waals surface area contributed by atoms with Gasteiger partial charge in [-0.2, -0.15) is 5.10 Å². The van der Waals surface area contributed by atoms with Crippen molar-refractivity contribution in [2.24, 2.45) is 5.92 Å². The number of piperidine rings is 1. The van der Waals surface area contributed by atoms with Crippen molar-refractivity contribution in [3.05, 3.63) is 64.5 Å². The van der Waals surface area contributed by atoms with Crippen molar-refractivity contribution >= 4 is 35.5 Å². The summed E-state index contributed by atoms with van der Waals surface area (Å²) in [5, 5.41) is 7.87. The lowest BCUT2D eigenvalue weighted by Crippen LogP contribution is -2.39. The standard InChI is InChI=1S/C21H24ClN7OS/c22-17-4-5-19(24-13-17)26-20(30)16-6-10-27(11-7-16)15-29-21(31)28(14-25-29)12-8-18-3-1-2-9-23-18/h1-5,9,13-14,16H,6-8,10-12,15H2,(H,24,26,30). The Morgan fingerprint density at radius 3 is 2.74 bits per heavy atom. The van der Waals surface area contributed by atoms with E-state index in [0.717, 1.165) is 44.6 Å². The summed E-state index contributed by atoms with van der Waals surface area (Å²) in [5.41, 5.74) is 1.03. The first-order valence-electron chi connectivity index (χ1n) is 10.3. The largest absolute Gasteiger partial charge is 0.310 e. The van der Waals surface area contributed by atoms with Gasteiger partial charge in [0.15, 0.2) is 4.77 Å². The monoisotopic (exact) mass is 457 g/mol. The van der Waals surface area contributed by atoms with Gasteiger partial charge in [0.2, 0.25) is 5.91 Å². The summed E-state index contributed by atoms with van der Waals surface area (Å²) in [6, 6.07) is 9.33. The Morgan fingerprint density at radius 1 is 1.19 bits per heavy atom. The first kappa shape index (κ1) is 21.6. The summed E-state index contributed by atoms with van der Waals surface area (Å²) in [4.78, 5) is 23.3. The number of carbonyl (C=O) groups excluding carboxylic acids is 1. The Balaban J connectivity index is 1.26. The molecule has 8 nitrogen and oxygen atoms in total. The SMILES string of the molecule is O=C(Nc1ccc(Cl)cn1)C1CCN(Cn2ncn(CCc3ccccn3)c2=S)CC1. The van der Waals surface area contributed by atoms with E-state index in [2.05, 4.69) is 25.3 Å². The van der Waals surface area contributed by atoms with Crippen LogP contribution in [0.2, 0.25) is 5.02 Å². The summed E-state index contributed by atoms with van der Waals surface area (Å²) in [5.74, 6) is 0.502. The van der Waals surface area contributed by atoms with E-state index in [1.54, 1.807) is 24.7 Å². The molecule has 1 N–H and O–H groups in total. The van der Waals surface area contributed by atoms with Crippen molar-refractivity contribution in [1.82, 2.24) is 29.2 Å². The molecule has 0 aromatic carbocycles. The summed E-state index contributed by atoms with van der Waals surface area (Å²) < 4.78 is 4.51. The number of likely N-dealkylation sites (tertiary alicyclic amines) is 1. The molecule has 1 saturated heterocycles. The number of hydrogen-bond donors (Lipinski definition) is 1. The molecule has 0 atom stereocenters. The topological polar surface area (TPSA) is 80.9 Å². The van der Waals surface area contributed by atoms with Crippen molar-refractivity contribution in [3.63, 3.8) is 0 Å². The maximum Gasteiger partial charge on any atom is 0.228 e. The van der Waals surface area contributed by atoms with Gasteiger partial charge in [-0.1, -0.05) is 17.7 Å². The van der Waals surface area contributed by atoms with Gasteiger partial charge >= 0.3 is 0 Å². The zero-order chi connectivity index (χ0) is 21.6. The van der Waals surface area contributed by atoms with Crippen LogP contribution in [0.1, 0.15) is 18.5 Å². The highest BCUT2D eigenvalue weighted by Crippen LogP contribution is 2.20. The van der Waals surface area contributed by atoms with Gasteiger partial charge in [-0.3, -0.25) is 14.7 Å². The number of nitrogens with zero attached hydrogens (tertiary/aromatic N) is 6. The van der Waals surface area contributed by atoms with E-state index >= 15 is 0 Å². The lowest BCUT2D eigenvalue weighted by atomic mass is 9.96. The summed E-state index contributed by atoms with van der Waals surface area (Å²) >= 11 is 11.4. The number of aryl methyl sites for hydroxylation is 2. The number of pyridine rings is 2. The Kier molecular flexibility index (Phi) is 7.06. The highest BCUT2D eigenvalue weighted by molar-refractivity contribution is 7.71. The molecular weight excluding hydrogens is 434 g/mol. The van der Waals surface area contributed by atoms with Crippen LogP contribution in [-0.4, -0.2) is 48.2 Å². The van der Waals surface area contributed by atoms with Crippen molar-refractivity contribution in [3.8, 4) is 0 Å². The smallest absolute Gasteiger partial charge is 0.228 e. The second-order valence-corrected chi connectivity index (χ2v) is 8.36. The van der Waals surface area contributed by atoms with E-state index in [9.17, 15) is 4.79 Å². The second-order valence-electron chi connectivity index (χ2n) is 7.56. The molecular formula is C21H24ClN7OS. The molecule has 162 valence electrons. The molecule has 0 radical (unpaired) electrons. The van der Waals surface area contributed by atoms with Crippen LogP contribution in [0.25, 0.3) is 0 Å². The molecule has 1 aliphatic heterocycles. The van der Waals surface area contributed by atoms with Crippen molar-refractivity contribution in [2.75, 3.05) is 18.4 Å². The minimum absolute atomic E-state index is 0.00452. The lowest BCUT2D eigenvalue weighted by molar-refractivity contribution is -0.121. The number of rotatable bonds is 7. The van der Waals surface area contributed by atoms with Gasteiger partial charge in [0.1, 0.15) is 12.1 Å². The van der Waals surface area contributed by atoms with E-state index in [1.807, 2.05) is 27.4 Å². The number of hydrogen-bond acceptors (Lipinski definition) is 6. The summed E-state index contributed by atoms with van der Waals surface area (Å²) in [6.07, 6.45) is 7.49. The van der Waals surface area contributed by atoms with Crippen LogP contribution in [0.5, 0.6) is 0 Å². The van der Waals surface area contributed by atoms with Gasteiger partial charge in [0, 0.05) is 50.1 Å². The van der Waals surface area contributed by atoms with Gasteiger partial charge < -0.3 is 9.88 Å². The van der Waals surface area contributed by atoms with Gasteiger partial charge in [0.05, 0.1) is 11.7 Å². The first-order valence-corrected chi connectivity index (χ1v) is 11.0. The van der Waals surface area contributed by atoms with Crippen LogP contribution in [0.15, 0.2) is 49.1 Å². The Morgan fingerprint density at radius 2 is 2.03 bits per heavy atom. The van der Waals surface area contributed by atoms with E-state index in [0.29, 0.717) is 22.3 Å². The molecule has 0 spiro atoms. The average Bonchev–Trinajstić information content (AvgIpc) is 3.14. The maximum absolute atomic E-state index is 12.5. The highest BCUT2D eigenvalue weighted by Gasteiger charge is 2.25. The van der Waals surface area contributed by atoms with E-state index in [-0.39, 0.29) is 11.8 Å². The van der Waals surface area contributed by atoms with Crippen LogP contribution in [0.4, 0.5) is 5.82 Å². The maximum atomic E-state index is 12.5. The molecule has 3 aromatic heterocycles. The lowest BCUT2D eigenvalue weighted by Gasteiger charge is -2.30. The third-order valence-electron chi connectivity index (χ3n) is 5.40. The molecule has 4 rings (SSSR count). The Bertz CT molecular complexity index is 1060. The minimum Gasteiger partial charge on any atom is -0.310 e. The zero-order valence-electron chi connectivity index (χ0n) is 17.0. The normalized spacial score (nSPS) is 15.1. The van der Waals surface area contributed by atoms with E-state index in [1.165, 1.54) is 6.20 Å². The fraction of sp³-hybridized carbons (Fsp3) is 0.381. The number of halogens is 1. The van der Waals surface area contributed by atoms with Crippen molar-refractivity contribution in [1.29, 1.82) is 0 Å². The van der Waals surface area contributed by atoms with E-state index < -0.39 is 0 Å². The molecule has 1 amide bonds.